The van der Waals surface area contributed by atoms with Crippen LogP contribution in [0.5, 0.6) is 0 Å². The first kappa shape index (κ1) is 13.2. The maximum Gasteiger partial charge on any atom is 0.419 e. The van der Waals surface area contributed by atoms with Crippen molar-refractivity contribution in [2.75, 3.05) is 25.6 Å². The van der Waals surface area contributed by atoms with Crippen molar-refractivity contribution in [2.24, 2.45) is 7.05 Å². The van der Waals surface area contributed by atoms with Crippen LogP contribution in [0, 0.1) is 0 Å². The van der Waals surface area contributed by atoms with Crippen LogP contribution >= 0.6 is 0 Å². The Balaban J connectivity index is 2.09. The van der Waals surface area contributed by atoms with Gasteiger partial charge in [0.2, 0.25) is 0 Å². The van der Waals surface area contributed by atoms with E-state index in [1.807, 2.05) is 0 Å². The highest BCUT2D eigenvalue weighted by Crippen LogP contribution is 2.17. The molecule has 1 aromatic heterocycles. The summed E-state index contributed by atoms with van der Waals surface area (Å²) in [5.74, 6) is -0.434. The molecular formula is C12H15N3O4. The van der Waals surface area contributed by atoms with Gasteiger partial charge in [0.25, 0.3) is 0 Å². The first-order valence-corrected chi connectivity index (χ1v) is 5.75. The van der Waals surface area contributed by atoms with Gasteiger partial charge in [0.15, 0.2) is 5.58 Å². The van der Waals surface area contributed by atoms with Crippen LogP contribution < -0.4 is 16.4 Å². The standard InChI is InChI=1S/C12H15N3O4/c1-15-9-4-3-8(7-10(9)19-12(15)17)14-11(16)13-5-6-18-2/h3-4,7H,5-6H2,1-2H3,(H2,13,14,16). The first-order chi connectivity index (χ1) is 9.11. The molecule has 0 saturated heterocycles. The molecule has 2 amide bonds. The molecule has 0 unspecified atom stereocenters. The molecule has 1 heterocycles. The zero-order chi connectivity index (χ0) is 13.8. The molecule has 0 radical (unpaired) electrons. The van der Waals surface area contributed by atoms with E-state index in [2.05, 4.69) is 10.6 Å². The Hall–Kier alpha value is -2.28. The lowest BCUT2D eigenvalue weighted by molar-refractivity contribution is 0.198. The van der Waals surface area contributed by atoms with Crippen LogP contribution in [0.25, 0.3) is 11.1 Å². The van der Waals surface area contributed by atoms with E-state index in [-0.39, 0.29) is 6.03 Å². The number of carbonyl (C=O) groups excluding carboxylic acids is 1. The summed E-state index contributed by atoms with van der Waals surface area (Å²) in [4.78, 5) is 22.8. The molecule has 0 aliphatic heterocycles. The molecular weight excluding hydrogens is 250 g/mol. The van der Waals surface area contributed by atoms with Gasteiger partial charge in [-0.15, -0.1) is 0 Å². The summed E-state index contributed by atoms with van der Waals surface area (Å²) in [7, 11) is 3.18. The third kappa shape index (κ3) is 2.94. The van der Waals surface area contributed by atoms with E-state index in [9.17, 15) is 9.59 Å². The van der Waals surface area contributed by atoms with Crippen LogP contribution in [0.15, 0.2) is 27.4 Å². The van der Waals surface area contributed by atoms with Crippen molar-refractivity contribution in [2.45, 2.75) is 0 Å². The lowest BCUT2D eigenvalue weighted by atomic mass is 10.3. The maximum absolute atomic E-state index is 11.5. The fourth-order valence-electron chi connectivity index (χ4n) is 1.65. The van der Waals surface area contributed by atoms with E-state index in [1.54, 1.807) is 32.4 Å². The van der Waals surface area contributed by atoms with E-state index in [0.29, 0.717) is 29.9 Å². The number of nitrogens with zero attached hydrogens (tertiary/aromatic N) is 1. The molecule has 7 nitrogen and oxygen atoms in total. The number of hydrogen-bond donors (Lipinski definition) is 2. The fraction of sp³-hybridized carbons (Fsp3) is 0.333. The minimum absolute atomic E-state index is 0.338. The van der Waals surface area contributed by atoms with E-state index < -0.39 is 5.76 Å². The number of aromatic nitrogens is 1. The lowest BCUT2D eigenvalue weighted by Gasteiger charge is -2.06. The zero-order valence-corrected chi connectivity index (χ0v) is 10.7. The number of ether oxygens (including phenoxy) is 1. The Kier molecular flexibility index (Phi) is 3.86. The molecule has 0 aliphatic rings. The maximum atomic E-state index is 11.5. The molecule has 0 fully saturated rings. The predicted octanol–water partition coefficient (Wildman–Crippen LogP) is 0.899. The predicted molar refractivity (Wildman–Crippen MR) is 70.4 cm³/mol. The number of urea groups is 1. The average molecular weight is 265 g/mol. The van der Waals surface area contributed by atoms with Gasteiger partial charge in [-0.2, -0.15) is 0 Å². The van der Waals surface area contributed by atoms with Gasteiger partial charge >= 0.3 is 11.8 Å². The van der Waals surface area contributed by atoms with Crippen molar-refractivity contribution in [1.29, 1.82) is 0 Å². The summed E-state index contributed by atoms with van der Waals surface area (Å²) in [6.07, 6.45) is 0. The minimum atomic E-state index is -0.434. The van der Waals surface area contributed by atoms with Crippen molar-refractivity contribution in [3.05, 3.63) is 28.7 Å². The minimum Gasteiger partial charge on any atom is -0.408 e. The van der Waals surface area contributed by atoms with Crippen LogP contribution in [0.1, 0.15) is 0 Å². The third-order valence-corrected chi connectivity index (χ3v) is 2.64. The highest BCUT2D eigenvalue weighted by molar-refractivity contribution is 5.91. The second kappa shape index (κ2) is 5.57. The van der Waals surface area contributed by atoms with Gasteiger partial charge in [-0.3, -0.25) is 4.57 Å². The first-order valence-electron chi connectivity index (χ1n) is 5.75. The van der Waals surface area contributed by atoms with Gasteiger partial charge in [-0.05, 0) is 12.1 Å². The molecule has 102 valence electrons. The fourth-order valence-corrected chi connectivity index (χ4v) is 1.65. The molecule has 2 aromatic rings. The summed E-state index contributed by atoms with van der Waals surface area (Å²) >= 11 is 0. The molecule has 1 aromatic carbocycles. The highest BCUT2D eigenvalue weighted by Gasteiger charge is 2.07. The monoisotopic (exact) mass is 265 g/mol. The van der Waals surface area contributed by atoms with E-state index in [1.165, 1.54) is 4.57 Å². The van der Waals surface area contributed by atoms with Crippen molar-refractivity contribution < 1.29 is 13.9 Å². The van der Waals surface area contributed by atoms with Crippen molar-refractivity contribution >= 4 is 22.8 Å². The third-order valence-electron chi connectivity index (χ3n) is 2.64. The number of aryl methyl sites for hydroxylation is 1. The number of fused-ring (bicyclic) bond motifs is 1. The Labute approximate surface area is 109 Å². The van der Waals surface area contributed by atoms with Gasteiger partial charge in [0, 0.05) is 32.5 Å². The molecule has 0 aliphatic carbocycles. The molecule has 0 atom stereocenters. The molecule has 2 rings (SSSR count). The number of oxazole rings is 1. The molecule has 2 N–H and O–H groups in total. The Morgan fingerprint density at radius 3 is 3.00 bits per heavy atom. The SMILES string of the molecule is COCCNC(=O)Nc1ccc2c(c1)oc(=O)n2C. The lowest BCUT2D eigenvalue weighted by Crippen LogP contribution is -2.31. The van der Waals surface area contributed by atoms with Gasteiger partial charge in [-0.25, -0.2) is 9.59 Å². The Morgan fingerprint density at radius 2 is 2.26 bits per heavy atom. The summed E-state index contributed by atoms with van der Waals surface area (Å²) in [5.41, 5.74) is 1.66. The number of amides is 2. The van der Waals surface area contributed by atoms with E-state index in [4.69, 9.17) is 9.15 Å². The smallest absolute Gasteiger partial charge is 0.408 e. The average Bonchev–Trinajstić information content (AvgIpc) is 2.65. The number of benzene rings is 1. The second-order valence-electron chi connectivity index (χ2n) is 3.98. The van der Waals surface area contributed by atoms with Crippen LogP contribution in [0.3, 0.4) is 0 Å². The largest absolute Gasteiger partial charge is 0.419 e. The molecule has 0 bridgehead atoms. The van der Waals surface area contributed by atoms with E-state index in [0.717, 1.165) is 0 Å². The Morgan fingerprint density at radius 1 is 1.47 bits per heavy atom. The topological polar surface area (TPSA) is 85.5 Å². The van der Waals surface area contributed by atoms with Crippen LogP contribution in [0.2, 0.25) is 0 Å². The molecule has 0 spiro atoms. The Bertz CT molecular complexity index is 644. The summed E-state index contributed by atoms with van der Waals surface area (Å²) in [6.45, 7) is 0.866. The van der Waals surface area contributed by atoms with Gasteiger partial charge in [-0.1, -0.05) is 0 Å². The number of hydrogen-bond acceptors (Lipinski definition) is 4. The number of methoxy groups -OCH3 is 1. The number of carbonyl (C=O) groups is 1. The van der Waals surface area contributed by atoms with Crippen molar-refractivity contribution in [1.82, 2.24) is 9.88 Å². The summed E-state index contributed by atoms with van der Waals surface area (Å²) in [6, 6.07) is 4.68. The van der Waals surface area contributed by atoms with Crippen LogP contribution in [-0.4, -0.2) is 30.9 Å². The highest BCUT2D eigenvalue weighted by atomic mass is 16.5. The van der Waals surface area contributed by atoms with Crippen molar-refractivity contribution in [3.8, 4) is 0 Å². The van der Waals surface area contributed by atoms with Gasteiger partial charge in [0.1, 0.15) is 0 Å². The molecule has 19 heavy (non-hydrogen) atoms. The second-order valence-corrected chi connectivity index (χ2v) is 3.98. The molecule has 0 saturated carbocycles. The van der Waals surface area contributed by atoms with Gasteiger partial charge < -0.3 is 19.8 Å². The number of nitrogens with one attached hydrogen (secondary N) is 2. The number of anilines is 1. The number of rotatable bonds is 4. The zero-order valence-electron chi connectivity index (χ0n) is 10.7. The van der Waals surface area contributed by atoms with Crippen LogP contribution in [0.4, 0.5) is 10.5 Å². The summed E-state index contributed by atoms with van der Waals surface area (Å²) < 4.78 is 11.3. The van der Waals surface area contributed by atoms with Crippen LogP contribution in [-0.2, 0) is 11.8 Å². The van der Waals surface area contributed by atoms with E-state index >= 15 is 0 Å². The normalized spacial score (nSPS) is 10.6. The quantitative estimate of drug-likeness (QED) is 0.804. The van der Waals surface area contributed by atoms with Gasteiger partial charge in [0.05, 0.1) is 12.1 Å². The molecule has 7 heteroatoms. The van der Waals surface area contributed by atoms with Crippen molar-refractivity contribution in [3.63, 3.8) is 0 Å². The summed E-state index contributed by atoms with van der Waals surface area (Å²) in [5, 5.41) is 5.27.